The van der Waals surface area contributed by atoms with Gasteiger partial charge in [0.15, 0.2) is 6.29 Å². The van der Waals surface area contributed by atoms with Gasteiger partial charge in [0.2, 0.25) is 0 Å². The summed E-state index contributed by atoms with van der Waals surface area (Å²) in [5.41, 5.74) is 0.142. The fourth-order valence-corrected chi connectivity index (χ4v) is 2.15. The molecule has 0 aromatic heterocycles. The number of rotatable bonds is 5. The predicted octanol–water partition coefficient (Wildman–Crippen LogP) is 4.48. The molecule has 3 atom stereocenters. The Morgan fingerprint density at radius 2 is 1.41 bits per heavy atom. The highest BCUT2D eigenvalue weighted by Crippen LogP contribution is 2.34. The molecule has 104 valence electrons. The molecular formula is C15H32O2. The second-order valence-electron chi connectivity index (χ2n) is 7.24. The quantitative estimate of drug-likeness (QED) is 0.664. The molecule has 17 heavy (non-hydrogen) atoms. The molecule has 0 saturated heterocycles. The van der Waals surface area contributed by atoms with Crippen molar-refractivity contribution in [3.63, 3.8) is 0 Å². The molecule has 0 aliphatic rings. The van der Waals surface area contributed by atoms with Gasteiger partial charge in [-0.2, -0.15) is 0 Å². The first-order chi connectivity index (χ1) is 7.54. The normalized spacial score (nSPS) is 18.9. The van der Waals surface area contributed by atoms with Crippen LogP contribution in [0.5, 0.6) is 0 Å². The van der Waals surface area contributed by atoms with Crippen LogP contribution in [-0.4, -0.2) is 19.5 Å². The average molecular weight is 244 g/mol. The highest BCUT2D eigenvalue weighted by Gasteiger charge is 2.35. The van der Waals surface area contributed by atoms with Crippen LogP contribution in [0.25, 0.3) is 0 Å². The Balaban J connectivity index is 4.86. The van der Waals surface area contributed by atoms with Crippen molar-refractivity contribution < 1.29 is 9.47 Å². The van der Waals surface area contributed by atoms with E-state index in [1.807, 2.05) is 0 Å². The van der Waals surface area contributed by atoms with Crippen molar-refractivity contribution in [2.24, 2.45) is 16.7 Å². The van der Waals surface area contributed by atoms with E-state index in [2.05, 4.69) is 55.4 Å². The Morgan fingerprint density at radius 3 is 1.65 bits per heavy atom. The molecule has 0 N–H and O–H groups in total. The zero-order valence-electron chi connectivity index (χ0n) is 13.3. The Labute approximate surface area is 108 Å². The molecule has 0 radical (unpaired) electrons. The molecule has 0 spiro atoms. The number of ether oxygens (including phenoxy) is 2. The molecular weight excluding hydrogens is 212 g/mol. The Kier molecular flexibility index (Phi) is 6.16. The van der Waals surface area contributed by atoms with Gasteiger partial charge in [-0.05, 0) is 11.3 Å². The third kappa shape index (κ3) is 5.39. The van der Waals surface area contributed by atoms with E-state index in [0.717, 1.165) is 6.42 Å². The van der Waals surface area contributed by atoms with Gasteiger partial charge in [-0.15, -0.1) is 0 Å². The van der Waals surface area contributed by atoms with Crippen LogP contribution < -0.4 is 0 Å². The summed E-state index contributed by atoms with van der Waals surface area (Å²) in [6, 6.07) is 0. The number of hydrogen-bond acceptors (Lipinski definition) is 2. The number of methoxy groups -OCH3 is 1. The summed E-state index contributed by atoms with van der Waals surface area (Å²) in [5, 5.41) is 0. The molecule has 0 aliphatic carbocycles. The van der Waals surface area contributed by atoms with Gasteiger partial charge in [-0.3, -0.25) is 0 Å². The molecule has 3 unspecified atom stereocenters. The van der Waals surface area contributed by atoms with Crippen LogP contribution in [0.15, 0.2) is 0 Å². The Morgan fingerprint density at radius 1 is 0.941 bits per heavy atom. The van der Waals surface area contributed by atoms with Crippen LogP contribution in [0, 0.1) is 16.7 Å². The minimum Gasteiger partial charge on any atom is -0.355 e. The van der Waals surface area contributed by atoms with Gasteiger partial charge in [0.05, 0.1) is 6.10 Å². The standard InChI is InChI=1S/C15H32O2/c1-10-11(2)12(14(3,4)5)17-13(16-9)15(6,7)8/h11-13H,10H2,1-9H3. The van der Waals surface area contributed by atoms with Gasteiger partial charge in [-0.25, -0.2) is 0 Å². The first-order valence-electron chi connectivity index (χ1n) is 6.72. The maximum absolute atomic E-state index is 6.26. The zero-order valence-corrected chi connectivity index (χ0v) is 13.3. The maximum Gasteiger partial charge on any atom is 0.162 e. The van der Waals surface area contributed by atoms with E-state index in [1.165, 1.54) is 0 Å². The fraction of sp³-hybridized carbons (Fsp3) is 1.00. The first-order valence-corrected chi connectivity index (χ1v) is 6.72. The molecule has 2 heteroatoms. The lowest BCUT2D eigenvalue weighted by Gasteiger charge is -2.40. The van der Waals surface area contributed by atoms with Gasteiger partial charge in [0.25, 0.3) is 0 Å². The van der Waals surface area contributed by atoms with Crippen molar-refractivity contribution in [2.75, 3.05) is 7.11 Å². The summed E-state index contributed by atoms with van der Waals surface area (Å²) in [4.78, 5) is 0. The molecule has 2 nitrogen and oxygen atoms in total. The molecule has 0 fully saturated rings. The van der Waals surface area contributed by atoms with Crippen LogP contribution in [0.1, 0.15) is 61.8 Å². The van der Waals surface area contributed by atoms with Crippen molar-refractivity contribution in [1.29, 1.82) is 0 Å². The summed E-state index contributed by atoms with van der Waals surface area (Å²) in [7, 11) is 1.73. The van der Waals surface area contributed by atoms with Gasteiger partial charge in [-0.1, -0.05) is 61.8 Å². The minimum atomic E-state index is -0.152. The summed E-state index contributed by atoms with van der Waals surface area (Å²) >= 11 is 0. The minimum absolute atomic E-state index is 0.00567. The molecule has 0 saturated carbocycles. The Hall–Kier alpha value is -0.0800. The van der Waals surface area contributed by atoms with Crippen molar-refractivity contribution in [3.05, 3.63) is 0 Å². The van der Waals surface area contributed by atoms with E-state index in [9.17, 15) is 0 Å². The van der Waals surface area contributed by atoms with Crippen LogP contribution in [-0.2, 0) is 9.47 Å². The van der Waals surface area contributed by atoms with Crippen molar-refractivity contribution in [3.8, 4) is 0 Å². The summed E-state index contributed by atoms with van der Waals surface area (Å²) in [6.45, 7) is 17.6. The van der Waals surface area contributed by atoms with Crippen LogP contribution in [0.3, 0.4) is 0 Å². The van der Waals surface area contributed by atoms with Gasteiger partial charge >= 0.3 is 0 Å². The summed E-state index contributed by atoms with van der Waals surface area (Å²) in [6.07, 6.45) is 1.19. The van der Waals surface area contributed by atoms with E-state index in [-0.39, 0.29) is 23.2 Å². The lowest BCUT2D eigenvalue weighted by Crippen LogP contribution is -2.43. The van der Waals surface area contributed by atoms with E-state index < -0.39 is 0 Å². The van der Waals surface area contributed by atoms with Crippen LogP contribution in [0.4, 0.5) is 0 Å². The molecule has 0 bridgehead atoms. The monoisotopic (exact) mass is 244 g/mol. The van der Waals surface area contributed by atoms with Gasteiger partial charge < -0.3 is 9.47 Å². The maximum atomic E-state index is 6.26. The third-order valence-corrected chi connectivity index (χ3v) is 3.21. The Bertz CT molecular complexity index is 210. The molecule has 0 rings (SSSR count). The lowest BCUT2D eigenvalue weighted by molar-refractivity contribution is -0.233. The van der Waals surface area contributed by atoms with Crippen LogP contribution in [0.2, 0.25) is 0 Å². The van der Waals surface area contributed by atoms with Crippen molar-refractivity contribution in [1.82, 2.24) is 0 Å². The largest absolute Gasteiger partial charge is 0.355 e. The molecule has 0 aliphatic heterocycles. The second kappa shape index (κ2) is 6.19. The van der Waals surface area contributed by atoms with E-state index >= 15 is 0 Å². The van der Waals surface area contributed by atoms with Crippen LogP contribution >= 0.6 is 0 Å². The van der Waals surface area contributed by atoms with Crippen molar-refractivity contribution in [2.45, 2.75) is 74.2 Å². The molecule has 0 amide bonds. The highest BCUT2D eigenvalue weighted by molar-refractivity contribution is 4.81. The predicted molar refractivity (Wildman–Crippen MR) is 74.0 cm³/mol. The summed E-state index contributed by atoms with van der Waals surface area (Å²) < 4.78 is 11.8. The van der Waals surface area contributed by atoms with Gasteiger partial charge in [0.1, 0.15) is 0 Å². The smallest absolute Gasteiger partial charge is 0.162 e. The lowest BCUT2D eigenvalue weighted by atomic mass is 9.80. The van der Waals surface area contributed by atoms with Crippen molar-refractivity contribution >= 4 is 0 Å². The zero-order chi connectivity index (χ0) is 13.9. The van der Waals surface area contributed by atoms with Gasteiger partial charge in [0, 0.05) is 12.5 Å². The average Bonchev–Trinajstić information content (AvgIpc) is 2.14. The van der Waals surface area contributed by atoms with E-state index in [4.69, 9.17) is 9.47 Å². The fourth-order valence-electron chi connectivity index (χ4n) is 2.15. The van der Waals surface area contributed by atoms with E-state index in [0.29, 0.717) is 5.92 Å². The molecule has 0 heterocycles. The summed E-state index contributed by atoms with van der Waals surface area (Å²) in [5.74, 6) is 0.537. The molecule has 0 aromatic rings. The first kappa shape index (κ1) is 16.9. The number of hydrogen-bond donors (Lipinski definition) is 0. The second-order valence-corrected chi connectivity index (χ2v) is 7.24. The third-order valence-electron chi connectivity index (χ3n) is 3.21. The molecule has 0 aromatic carbocycles. The highest BCUT2D eigenvalue weighted by atomic mass is 16.7. The topological polar surface area (TPSA) is 18.5 Å². The van der Waals surface area contributed by atoms with E-state index in [1.54, 1.807) is 7.11 Å². The SMILES string of the molecule is CCC(C)C(OC(OC)C(C)(C)C)C(C)(C)C.